The zero-order valence-electron chi connectivity index (χ0n) is 10.9. The van der Waals surface area contributed by atoms with Crippen molar-refractivity contribution in [2.45, 2.75) is 0 Å². The van der Waals surface area contributed by atoms with Crippen molar-refractivity contribution in [1.29, 1.82) is 0 Å². The summed E-state index contributed by atoms with van der Waals surface area (Å²) in [6.45, 7) is 0. The summed E-state index contributed by atoms with van der Waals surface area (Å²) in [5.41, 5.74) is -2.87. The van der Waals surface area contributed by atoms with Crippen LogP contribution in [0.4, 0.5) is 22.7 Å². The van der Waals surface area contributed by atoms with Crippen LogP contribution in [0.5, 0.6) is 0 Å². The maximum atomic E-state index is 11.1. The van der Waals surface area contributed by atoms with Crippen molar-refractivity contribution in [3.8, 4) is 0 Å². The zero-order chi connectivity index (χ0) is 16.4. The fourth-order valence-corrected chi connectivity index (χ4v) is 2.35. The lowest BCUT2D eigenvalue weighted by molar-refractivity contribution is -0.402. The number of hydrogen-bond donors (Lipinski definition) is 0. The minimum absolute atomic E-state index is 0.278. The Balaban J connectivity index is 2.86. The molecule has 1 aromatic carbocycles. The number of thiazole rings is 1. The summed E-state index contributed by atoms with van der Waals surface area (Å²) in [5.74, 6) is 0. The molecule has 0 N–H and O–H groups in total. The maximum absolute atomic E-state index is 11.1. The molecule has 0 spiro atoms. The Bertz CT molecular complexity index is 818. The van der Waals surface area contributed by atoms with E-state index in [1.165, 1.54) is 4.57 Å². The summed E-state index contributed by atoms with van der Waals surface area (Å²) in [7, 11) is 1.61. The van der Waals surface area contributed by atoms with E-state index in [9.17, 15) is 30.3 Å². The van der Waals surface area contributed by atoms with Gasteiger partial charge in [0.1, 0.15) is 0 Å². The van der Waals surface area contributed by atoms with E-state index >= 15 is 0 Å². The molecule has 0 aliphatic heterocycles. The summed E-state index contributed by atoms with van der Waals surface area (Å²) in [6.07, 6.45) is 1.62. The first kappa shape index (κ1) is 15.2. The quantitative estimate of drug-likeness (QED) is 0.620. The monoisotopic (exact) mass is 325 g/mol. The molecule has 0 atom stereocenters. The second-order valence-corrected chi connectivity index (χ2v) is 4.89. The largest absolute Gasteiger partial charge is 0.327 e. The lowest BCUT2D eigenvalue weighted by Crippen LogP contribution is -2.09. The lowest BCUT2D eigenvalue weighted by Gasteiger charge is -2.00. The molecule has 0 aliphatic carbocycles. The average molecular weight is 325 g/mol. The normalized spacial score (nSPS) is 11.4. The maximum Gasteiger partial charge on any atom is 0.308 e. The lowest BCUT2D eigenvalue weighted by atomic mass is 10.2. The van der Waals surface area contributed by atoms with E-state index in [0.717, 1.165) is 11.3 Å². The van der Waals surface area contributed by atoms with Gasteiger partial charge in [0.05, 0.1) is 26.9 Å². The molecular weight excluding hydrogens is 318 g/mol. The van der Waals surface area contributed by atoms with Crippen LogP contribution in [-0.2, 0) is 7.05 Å². The Labute approximate surface area is 125 Å². The number of hydrogen-bond acceptors (Lipinski definition) is 8. The van der Waals surface area contributed by atoms with Gasteiger partial charge in [-0.3, -0.25) is 30.3 Å². The van der Waals surface area contributed by atoms with Crippen LogP contribution in [0.25, 0.3) is 0 Å². The Kier molecular flexibility index (Phi) is 3.94. The zero-order valence-corrected chi connectivity index (χ0v) is 11.7. The smallest absolute Gasteiger partial charge is 0.308 e. The van der Waals surface area contributed by atoms with Crippen molar-refractivity contribution >= 4 is 34.1 Å². The van der Waals surface area contributed by atoms with Crippen molar-refractivity contribution in [3.63, 3.8) is 0 Å². The summed E-state index contributed by atoms with van der Waals surface area (Å²) in [5, 5.41) is 34.6. The number of nitro groups is 3. The van der Waals surface area contributed by atoms with Crippen molar-refractivity contribution in [3.05, 3.63) is 58.9 Å². The predicted octanol–water partition coefficient (Wildman–Crippen LogP) is 2.04. The van der Waals surface area contributed by atoms with Gasteiger partial charge in [0.25, 0.3) is 5.69 Å². The highest BCUT2D eigenvalue weighted by atomic mass is 32.1. The van der Waals surface area contributed by atoms with Gasteiger partial charge in [-0.05, 0) is 0 Å². The first-order valence-corrected chi connectivity index (χ1v) is 6.45. The third-order valence-electron chi connectivity index (χ3n) is 2.63. The van der Waals surface area contributed by atoms with E-state index in [2.05, 4.69) is 4.99 Å². The number of nitro benzene ring substituents is 3. The summed E-state index contributed by atoms with van der Waals surface area (Å²) < 4.78 is 1.51. The van der Waals surface area contributed by atoms with Crippen LogP contribution < -0.4 is 4.80 Å². The van der Waals surface area contributed by atoms with Gasteiger partial charge in [-0.15, -0.1) is 11.3 Å². The van der Waals surface area contributed by atoms with Crippen LogP contribution in [0.15, 0.2) is 28.7 Å². The van der Waals surface area contributed by atoms with Crippen molar-refractivity contribution in [2.75, 3.05) is 0 Å². The highest BCUT2D eigenvalue weighted by Gasteiger charge is 2.30. The highest BCUT2D eigenvalue weighted by Crippen LogP contribution is 2.40. The summed E-state index contributed by atoms with van der Waals surface area (Å²) in [4.78, 5) is 34.3. The third kappa shape index (κ3) is 2.80. The molecule has 0 radical (unpaired) electrons. The van der Waals surface area contributed by atoms with Crippen LogP contribution >= 0.6 is 11.3 Å². The average Bonchev–Trinajstić information content (AvgIpc) is 2.83. The van der Waals surface area contributed by atoms with E-state index in [1.54, 1.807) is 18.6 Å². The molecule has 22 heavy (non-hydrogen) atoms. The van der Waals surface area contributed by atoms with E-state index in [0.29, 0.717) is 12.1 Å². The number of aromatic nitrogens is 1. The van der Waals surface area contributed by atoms with E-state index in [-0.39, 0.29) is 4.80 Å². The molecule has 1 heterocycles. The number of non-ortho nitro benzene ring substituents is 1. The molecule has 2 aromatic rings. The van der Waals surface area contributed by atoms with Crippen molar-refractivity contribution in [1.82, 2.24) is 4.57 Å². The predicted molar refractivity (Wildman–Crippen MR) is 74.9 cm³/mol. The highest BCUT2D eigenvalue weighted by molar-refractivity contribution is 7.07. The molecule has 0 saturated carbocycles. The van der Waals surface area contributed by atoms with Crippen LogP contribution in [-0.4, -0.2) is 19.3 Å². The number of benzene rings is 1. The van der Waals surface area contributed by atoms with Gasteiger partial charge in [0.15, 0.2) is 4.80 Å². The molecule has 0 saturated heterocycles. The fraction of sp³-hybridized carbons (Fsp3) is 0.100. The Morgan fingerprint density at radius 3 is 1.95 bits per heavy atom. The summed E-state index contributed by atoms with van der Waals surface area (Å²) >= 11 is 1.11. The number of rotatable bonds is 4. The molecule has 0 unspecified atom stereocenters. The molecule has 0 amide bonds. The van der Waals surface area contributed by atoms with Gasteiger partial charge in [-0.2, -0.15) is 0 Å². The molecule has 2 rings (SSSR count). The minimum atomic E-state index is -0.938. The third-order valence-corrected chi connectivity index (χ3v) is 3.47. The van der Waals surface area contributed by atoms with Crippen LogP contribution in [0.2, 0.25) is 0 Å². The fourth-order valence-electron chi connectivity index (χ4n) is 1.62. The first-order chi connectivity index (χ1) is 10.3. The molecular formula is C10H7N5O6S. The minimum Gasteiger partial charge on any atom is -0.327 e. The van der Waals surface area contributed by atoms with Gasteiger partial charge in [-0.1, -0.05) is 0 Å². The van der Waals surface area contributed by atoms with E-state index < -0.39 is 37.5 Å². The van der Waals surface area contributed by atoms with E-state index in [1.807, 2.05) is 0 Å². The van der Waals surface area contributed by atoms with Crippen molar-refractivity contribution in [2.24, 2.45) is 12.0 Å². The van der Waals surface area contributed by atoms with Crippen LogP contribution in [0, 0.1) is 30.3 Å². The molecule has 0 bridgehead atoms. The van der Waals surface area contributed by atoms with Gasteiger partial charge >= 0.3 is 11.4 Å². The van der Waals surface area contributed by atoms with Gasteiger partial charge < -0.3 is 4.57 Å². The number of nitrogens with zero attached hydrogens (tertiary/aromatic N) is 5. The molecule has 114 valence electrons. The summed E-state index contributed by atoms with van der Waals surface area (Å²) in [6, 6.07) is 1.30. The topological polar surface area (TPSA) is 147 Å². The Hall–Kier alpha value is -3.15. The number of aryl methyl sites for hydroxylation is 1. The van der Waals surface area contributed by atoms with Crippen molar-refractivity contribution < 1.29 is 14.8 Å². The molecule has 12 heteroatoms. The second-order valence-electron chi connectivity index (χ2n) is 4.01. The van der Waals surface area contributed by atoms with Crippen LogP contribution in [0.3, 0.4) is 0 Å². The molecule has 0 fully saturated rings. The van der Waals surface area contributed by atoms with Crippen LogP contribution in [0.1, 0.15) is 0 Å². The SMILES string of the molecule is Cn1ccsc1=Nc1c([N+](=O)[O-])cc([N+](=O)[O-])cc1[N+](=O)[O-]. The standard InChI is InChI=1S/C10H7N5O6S/c1-12-2-3-22-10(12)11-9-7(14(18)19)4-6(13(16)17)5-8(9)15(20)21/h2-5H,1H3. The Morgan fingerprint density at radius 2 is 1.59 bits per heavy atom. The van der Waals surface area contributed by atoms with Gasteiger partial charge in [-0.25, -0.2) is 4.99 Å². The van der Waals surface area contributed by atoms with Gasteiger partial charge in [0.2, 0.25) is 5.69 Å². The Morgan fingerprint density at radius 1 is 1.05 bits per heavy atom. The molecule has 1 aromatic heterocycles. The second kappa shape index (κ2) is 5.69. The van der Waals surface area contributed by atoms with Gasteiger partial charge in [0, 0.05) is 18.6 Å². The molecule has 11 nitrogen and oxygen atoms in total. The van der Waals surface area contributed by atoms with E-state index in [4.69, 9.17) is 0 Å². The molecule has 0 aliphatic rings. The first-order valence-electron chi connectivity index (χ1n) is 5.57.